The van der Waals surface area contributed by atoms with Gasteiger partial charge < -0.3 is 14.6 Å². The number of carbonyl (C=O) groups is 1. The van der Waals surface area contributed by atoms with Crippen LogP contribution in [0.5, 0.6) is 0 Å². The second-order valence-electron chi connectivity index (χ2n) is 7.31. The van der Waals surface area contributed by atoms with Crippen molar-refractivity contribution < 1.29 is 9.21 Å². The highest BCUT2D eigenvalue weighted by molar-refractivity contribution is 5.82. The first-order valence-electron chi connectivity index (χ1n) is 9.56. The van der Waals surface area contributed by atoms with Crippen LogP contribution in [-0.4, -0.2) is 40.2 Å². The van der Waals surface area contributed by atoms with Gasteiger partial charge in [0.1, 0.15) is 11.3 Å². The highest BCUT2D eigenvalue weighted by Gasteiger charge is 2.38. The molecule has 1 aliphatic rings. The lowest BCUT2D eigenvalue weighted by molar-refractivity contribution is -0.137. The van der Waals surface area contributed by atoms with Crippen molar-refractivity contribution in [1.29, 1.82) is 0 Å². The van der Waals surface area contributed by atoms with Crippen LogP contribution in [0.25, 0.3) is 11.0 Å². The van der Waals surface area contributed by atoms with E-state index in [2.05, 4.69) is 10.4 Å². The van der Waals surface area contributed by atoms with Crippen molar-refractivity contribution in [1.82, 2.24) is 20.0 Å². The Bertz CT molecular complexity index is 911. The third-order valence-electron chi connectivity index (χ3n) is 5.63. The van der Waals surface area contributed by atoms with Crippen molar-refractivity contribution in [2.45, 2.75) is 25.8 Å². The first kappa shape index (κ1) is 17.8. The van der Waals surface area contributed by atoms with Gasteiger partial charge in [0, 0.05) is 44.2 Å². The van der Waals surface area contributed by atoms with E-state index in [0.29, 0.717) is 13.1 Å². The van der Waals surface area contributed by atoms with Crippen LogP contribution in [0.3, 0.4) is 0 Å². The largest absolute Gasteiger partial charge is 0.459 e. The maximum absolute atomic E-state index is 13.4. The molecular formula is C21H26N4O2. The fraction of sp³-hybridized carbons (Fsp3) is 0.429. The van der Waals surface area contributed by atoms with Crippen LogP contribution in [0.15, 0.2) is 47.1 Å². The lowest BCUT2D eigenvalue weighted by atomic mass is 9.89. The SMILES string of the molecule is CCN(C(=O)[C@H]1CNC[C@@H]1c1cnn(C)c1)C(C)c1cc2ccccc2o1. The number of nitrogens with one attached hydrogen (secondary N) is 1. The molecule has 0 radical (unpaired) electrons. The van der Waals surface area contributed by atoms with E-state index in [1.165, 1.54) is 0 Å². The zero-order valence-corrected chi connectivity index (χ0v) is 16.1. The smallest absolute Gasteiger partial charge is 0.228 e. The van der Waals surface area contributed by atoms with Gasteiger partial charge in [-0.2, -0.15) is 5.10 Å². The third kappa shape index (κ3) is 3.25. The van der Waals surface area contributed by atoms with E-state index < -0.39 is 0 Å². The summed E-state index contributed by atoms with van der Waals surface area (Å²) < 4.78 is 7.81. The predicted octanol–water partition coefficient (Wildman–Crippen LogP) is 3.08. The number of furan rings is 1. The molecule has 3 aromatic rings. The minimum absolute atomic E-state index is 0.0824. The van der Waals surface area contributed by atoms with E-state index in [1.54, 1.807) is 4.68 Å². The molecule has 0 saturated carbocycles. The Kier molecular flexibility index (Phi) is 4.74. The summed E-state index contributed by atoms with van der Waals surface area (Å²) in [7, 11) is 1.91. The quantitative estimate of drug-likeness (QED) is 0.754. The molecule has 1 unspecified atom stereocenters. The number of amides is 1. The molecule has 1 aromatic carbocycles. The molecule has 6 heteroatoms. The molecular weight excluding hydrogens is 340 g/mol. The number of hydrogen-bond acceptors (Lipinski definition) is 4. The highest BCUT2D eigenvalue weighted by atomic mass is 16.3. The molecule has 1 fully saturated rings. The zero-order valence-electron chi connectivity index (χ0n) is 16.1. The molecule has 2 aromatic heterocycles. The molecule has 1 amide bonds. The van der Waals surface area contributed by atoms with Crippen LogP contribution in [-0.2, 0) is 11.8 Å². The summed E-state index contributed by atoms with van der Waals surface area (Å²) in [6.07, 6.45) is 3.88. The van der Waals surface area contributed by atoms with Crippen LogP contribution >= 0.6 is 0 Å². The molecule has 1 N–H and O–H groups in total. The summed E-state index contributed by atoms with van der Waals surface area (Å²) in [5, 5.41) is 8.73. The number of para-hydroxylation sites is 1. The summed E-state index contributed by atoms with van der Waals surface area (Å²) in [5.41, 5.74) is 1.98. The van der Waals surface area contributed by atoms with E-state index in [9.17, 15) is 4.79 Å². The Morgan fingerprint density at radius 1 is 1.41 bits per heavy atom. The first-order valence-corrected chi connectivity index (χ1v) is 9.56. The van der Waals surface area contributed by atoms with Crippen LogP contribution in [0.4, 0.5) is 0 Å². The molecule has 0 spiro atoms. The molecule has 3 atom stereocenters. The van der Waals surface area contributed by atoms with Gasteiger partial charge in [0.25, 0.3) is 0 Å². The minimum atomic E-state index is -0.106. The van der Waals surface area contributed by atoms with E-state index in [-0.39, 0.29) is 23.8 Å². The molecule has 0 bridgehead atoms. The molecule has 0 aliphatic carbocycles. The predicted molar refractivity (Wildman–Crippen MR) is 104 cm³/mol. The van der Waals surface area contributed by atoms with Crippen molar-refractivity contribution in [3.05, 3.63) is 54.0 Å². The summed E-state index contributed by atoms with van der Waals surface area (Å²) in [4.78, 5) is 15.3. The maximum atomic E-state index is 13.4. The Morgan fingerprint density at radius 3 is 2.93 bits per heavy atom. The second-order valence-corrected chi connectivity index (χ2v) is 7.31. The van der Waals surface area contributed by atoms with E-state index in [0.717, 1.165) is 28.8 Å². The maximum Gasteiger partial charge on any atom is 0.228 e. The van der Waals surface area contributed by atoms with Gasteiger partial charge in [-0.05, 0) is 31.5 Å². The average Bonchev–Trinajstić information content (AvgIpc) is 3.40. The van der Waals surface area contributed by atoms with Crippen molar-refractivity contribution >= 4 is 16.9 Å². The van der Waals surface area contributed by atoms with Crippen LogP contribution in [0, 0.1) is 5.92 Å². The van der Waals surface area contributed by atoms with E-state index >= 15 is 0 Å². The molecule has 1 aliphatic heterocycles. The molecule has 1 saturated heterocycles. The summed E-state index contributed by atoms with van der Waals surface area (Å²) in [5.74, 6) is 1.07. The second kappa shape index (κ2) is 7.19. The van der Waals surface area contributed by atoms with Crippen LogP contribution in [0.2, 0.25) is 0 Å². The lowest BCUT2D eigenvalue weighted by Crippen LogP contribution is -2.40. The number of fused-ring (bicyclic) bond motifs is 1. The summed E-state index contributed by atoms with van der Waals surface area (Å²) in [6.45, 7) is 6.22. The van der Waals surface area contributed by atoms with Gasteiger partial charge >= 0.3 is 0 Å². The standard InChI is InChI=1S/C21H26N4O2/c1-4-25(14(2)20-9-15-7-5-6-8-19(15)27-20)21(26)18-12-22-11-17(18)16-10-23-24(3)13-16/h5-10,13-14,17-18,22H,4,11-12H2,1-3H3/t14?,17-,18+/m1/s1. The lowest BCUT2D eigenvalue weighted by Gasteiger charge is -2.30. The van der Waals surface area contributed by atoms with Crippen molar-refractivity contribution in [3.63, 3.8) is 0 Å². The zero-order chi connectivity index (χ0) is 19.0. The van der Waals surface area contributed by atoms with Gasteiger partial charge in [-0.15, -0.1) is 0 Å². The molecule has 142 valence electrons. The van der Waals surface area contributed by atoms with Crippen molar-refractivity contribution in [2.24, 2.45) is 13.0 Å². The number of aromatic nitrogens is 2. The number of carbonyl (C=O) groups excluding carboxylic acids is 1. The third-order valence-corrected chi connectivity index (χ3v) is 5.63. The Hall–Kier alpha value is -2.60. The average molecular weight is 366 g/mol. The fourth-order valence-corrected chi connectivity index (χ4v) is 4.12. The van der Waals surface area contributed by atoms with Crippen molar-refractivity contribution in [3.8, 4) is 0 Å². The minimum Gasteiger partial charge on any atom is -0.459 e. The first-order chi connectivity index (χ1) is 13.1. The number of benzene rings is 1. The van der Waals surface area contributed by atoms with Crippen molar-refractivity contribution in [2.75, 3.05) is 19.6 Å². The summed E-state index contributed by atoms with van der Waals surface area (Å²) >= 11 is 0. The summed E-state index contributed by atoms with van der Waals surface area (Å²) in [6, 6.07) is 9.89. The molecule has 27 heavy (non-hydrogen) atoms. The molecule has 3 heterocycles. The van der Waals surface area contributed by atoms with Gasteiger partial charge in [-0.25, -0.2) is 0 Å². The van der Waals surface area contributed by atoms with E-state index in [1.807, 2.05) is 68.5 Å². The monoisotopic (exact) mass is 366 g/mol. The number of hydrogen-bond donors (Lipinski definition) is 1. The van der Waals surface area contributed by atoms with Gasteiger partial charge in [-0.3, -0.25) is 9.48 Å². The Labute approximate surface area is 159 Å². The number of nitrogens with zero attached hydrogens (tertiary/aromatic N) is 3. The van der Waals surface area contributed by atoms with E-state index in [4.69, 9.17) is 4.42 Å². The number of rotatable bonds is 5. The van der Waals surface area contributed by atoms with Crippen LogP contribution < -0.4 is 5.32 Å². The Morgan fingerprint density at radius 2 is 2.22 bits per heavy atom. The number of aryl methyl sites for hydroxylation is 1. The van der Waals surface area contributed by atoms with Gasteiger partial charge in [0.2, 0.25) is 5.91 Å². The van der Waals surface area contributed by atoms with Gasteiger partial charge in [0.05, 0.1) is 18.2 Å². The van der Waals surface area contributed by atoms with Gasteiger partial charge in [-0.1, -0.05) is 18.2 Å². The molecule has 4 rings (SSSR count). The Balaban J connectivity index is 1.58. The van der Waals surface area contributed by atoms with Crippen LogP contribution in [0.1, 0.15) is 37.1 Å². The molecule has 6 nitrogen and oxygen atoms in total. The highest BCUT2D eigenvalue weighted by Crippen LogP contribution is 2.33. The van der Waals surface area contributed by atoms with Gasteiger partial charge in [0.15, 0.2) is 0 Å². The topological polar surface area (TPSA) is 63.3 Å². The fourth-order valence-electron chi connectivity index (χ4n) is 4.12. The normalized spacial score (nSPS) is 20.9.